The number of halogens is 3. The zero-order chi connectivity index (χ0) is 33.0. The third-order valence-corrected chi connectivity index (χ3v) is 8.13. The lowest BCUT2D eigenvalue weighted by Gasteiger charge is -2.34. The van der Waals surface area contributed by atoms with Crippen molar-refractivity contribution < 1.29 is 18.0 Å². The third kappa shape index (κ3) is 7.43. The van der Waals surface area contributed by atoms with Gasteiger partial charge in [-0.2, -0.15) is 13.2 Å². The molecule has 12 heteroatoms. The molecular weight excluding hydrogens is 605 g/mol. The van der Waals surface area contributed by atoms with Crippen molar-refractivity contribution in [3.05, 3.63) is 101 Å². The minimum atomic E-state index is -4.56. The molecule has 0 unspecified atom stereocenters. The minimum Gasteiger partial charge on any atom is -0.357 e. The van der Waals surface area contributed by atoms with Crippen molar-refractivity contribution >= 4 is 28.4 Å². The molecule has 6 rings (SSSR count). The number of anilines is 2. The van der Waals surface area contributed by atoms with E-state index >= 15 is 0 Å². The highest BCUT2D eigenvalue weighted by Gasteiger charge is 2.34. The molecule has 47 heavy (non-hydrogen) atoms. The van der Waals surface area contributed by atoms with Gasteiger partial charge in [0.1, 0.15) is 5.69 Å². The van der Waals surface area contributed by atoms with Crippen LogP contribution in [0.1, 0.15) is 39.5 Å². The first kappa shape index (κ1) is 31.7. The van der Waals surface area contributed by atoms with Crippen molar-refractivity contribution in [3.63, 3.8) is 0 Å². The molecule has 240 valence electrons. The van der Waals surface area contributed by atoms with Crippen LogP contribution in [-0.4, -0.2) is 75.4 Å². The topological polar surface area (TPSA) is 102 Å². The Labute approximate surface area is 270 Å². The van der Waals surface area contributed by atoms with Crippen LogP contribution in [0.3, 0.4) is 0 Å². The molecule has 3 N–H and O–H groups in total. The van der Waals surface area contributed by atoms with Crippen LogP contribution in [0.25, 0.3) is 22.3 Å². The van der Waals surface area contributed by atoms with Crippen molar-refractivity contribution in [2.24, 2.45) is 0 Å². The molecule has 9 nitrogen and oxygen atoms in total. The van der Waals surface area contributed by atoms with Crippen LogP contribution in [0.2, 0.25) is 0 Å². The lowest BCUT2D eigenvalue weighted by atomic mass is 10.0. The number of pyridine rings is 1. The van der Waals surface area contributed by atoms with Crippen molar-refractivity contribution in [3.8, 4) is 23.2 Å². The first-order chi connectivity index (χ1) is 22.7. The monoisotopic (exact) mass is 638 g/mol. The summed E-state index contributed by atoms with van der Waals surface area (Å²) in [5.74, 6) is 6.06. The van der Waals surface area contributed by atoms with Crippen molar-refractivity contribution in [2.45, 2.75) is 19.6 Å². The van der Waals surface area contributed by atoms with Crippen molar-refractivity contribution in [2.75, 3.05) is 50.4 Å². The summed E-state index contributed by atoms with van der Waals surface area (Å²) in [6.07, 6.45) is 0.514. The molecule has 0 saturated carbocycles. The Morgan fingerprint density at radius 2 is 1.81 bits per heavy atom. The van der Waals surface area contributed by atoms with Gasteiger partial charge in [0.2, 0.25) is 5.95 Å². The van der Waals surface area contributed by atoms with E-state index in [2.05, 4.69) is 54.2 Å². The van der Waals surface area contributed by atoms with Crippen LogP contribution in [0, 0.1) is 11.8 Å². The summed E-state index contributed by atoms with van der Waals surface area (Å²) < 4.78 is 42.3. The first-order valence-electron chi connectivity index (χ1n) is 15.3. The van der Waals surface area contributed by atoms with Gasteiger partial charge in [0.25, 0.3) is 5.91 Å². The molecular formula is C35H33F3N8O. The lowest BCUT2D eigenvalue weighted by Crippen LogP contribution is -2.45. The Hall–Kier alpha value is -5.25. The molecule has 1 saturated heterocycles. The van der Waals surface area contributed by atoms with Crippen LogP contribution < -0.4 is 10.6 Å². The zero-order valence-corrected chi connectivity index (χ0v) is 25.9. The highest BCUT2D eigenvalue weighted by atomic mass is 19.4. The summed E-state index contributed by atoms with van der Waals surface area (Å²) in [7, 11) is 1.73. The minimum absolute atomic E-state index is 0.0679. The van der Waals surface area contributed by atoms with E-state index in [1.807, 2.05) is 17.0 Å². The van der Waals surface area contributed by atoms with E-state index in [1.165, 1.54) is 12.1 Å². The van der Waals surface area contributed by atoms with Gasteiger partial charge in [0, 0.05) is 86.1 Å². The van der Waals surface area contributed by atoms with Crippen molar-refractivity contribution in [1.29, 1.82) is 0 Å². The number of benzene rings is 2. The van der Waals surface area contributed by atoms with Crippen LogP contribution in [0.5, 0.6) is 0 Å². The number of hydrogen-bond acceptors (Lipinski definition) is 7. The Balaban J connectivity index is 1.21. The summed E-state index contributed by atoms with van der Waals surface area (Å²) >= 11 is 0. The largest absolute Gasteiger partial charge is 0.416 e. The molecule has 0 atom stereocenters. The molecule has 0 aliphatic carbocycles. The Kier molecular flexibility index (Phi) is 9.19. The van der Waals surface area contributed by atoms with Crippen LogP contribution in [0.4, 0.5) is 24.8 Å². The average Bonchev–Trinajstić information content (AvgIpc) is 3.52. The van der Waals surface area contributed by atoms with Gasteiger partial charge in [0.15, 0.2) is 0 Å². The number of H-pyrrole nitrogens is 1. The highest BCUT2D eigenvalue weighted by Crippen LogP contribution is 2.35. The van der Waals surface area contributed by atoms with E-state index in [4.69, 9.17) is 0 Å². The van der Waals surface area contributed by atoms with Gasteiger partial charge in [-0.25, -0.2) is 9.97 Å². The second-order valence-corrected chi connectivity index (χ2v) is 11.2. The van der Waals surface area contributed by atoms with E-state index < -0.39 is 17.6 Å². The molecule has 3 aromatic heterocycles. The number of rotatable bonds is 7. The molecule has 5 aromatic rings. The summed E-state index contributed by atoms with van der Waals surface area (Å²) in [4.78, 5) is 33.9. The zero-order valence-electron chi connectivity index (χ0n) is 25.9. The highest BCUT2D eigenvalue weighted by molar-refractivity contribution is 6.04. The lowest BCUT2D eigenvalue weighted by molar-refractivity contribution is -0.138. The number of aromatic nitrogens is 4. The molecule has 1 aliphatic heterocycles. The van der Waals surface area contributed by atoms with E-state index in [0.29, 0.717) is 35.9 Å². The SMILES string of the molecule is CCN1CCN(Cc2ccc(NC(=O)c3cccc(C#Cc4cnc(NC)nc4-c4cc5cnccc5[nH]4)c3)cc2C(F)(F)F)CC1. The Morgan fingerprint density at radius 3 is 2.55 bits per heavy atom. The van der Waals surface area contributed by atoms with Gasteiger partial charge in [0.05, 0.1) is 16.8 Å². The quantitative estimate of drug-likeness (QED) is 0.192. The number of aromatic amines is 1. The second-order valence-electron chi connectivity index (χ2n) is 11.2. The number of alkyl halides is 3. The Morgan fingerprint density at radius 1 is 1.00 bits per heavy atom. The maximum atomic E-state index is 14.1. The number of carbonyl (C=O) groups excluding carboxylic acids is 1. The summed E-state index contributed by atoms with van der Waals surface area (Å²) in [6, 6.07) is 14.4. The standard InChI is InChI=1S/C35H33F3N8O/c1-3-45-13-15-46(16-14-45)22-26-9-10-28(19-29(26)35(36,37)38)42-33(47)24-6-4-5-23(17-24)7-8-25-21-41-34(39-2)44-32(25)31-18-27-20-40-12-11-30(27)43-31/h4-6,9-12,17-21,43H,3,13-16,22H2,1-2H3,(H,42,47)(H,39,41,44). The van der Waals surface area contributed by atoms with Gasteiger partial charge in [-0.3, -0.25) is 14.7 Å². The number of fused-ring (bicyclic) bond motifs is 1. The Bertz CT molecular complexity index is 1940. The molecule has 1 amide bonds. The fourth-order valence-electron chi connectivity index (χ4n) is 5.54. The van der Waals surface area contributed by atoms with E-state index in [1.54, 1.807) is 49.9 Å². The van der Waals surface area contributed by atoms with Crippen LogP contribution in [-0.2, 0) is 12.7 Å². The number of hydrogen-bond donors (Lipinski definition) is 3. The third-order valence-electron chi connectivity index (χ3n) is 8.13. The molecule has 1 aliphatic rings. The maximum Gasteiger partial charge on any atom is 0.416 e. The smallest absolute Gasteiger partial charge is 0.357 e. The normalized spacial score (nSPS) is 14.1. The van der Waals surface area contributed by atoms with Crippen LogP contribution >= 0.6 is 0 Å². The average molecular weight is 639 g/mol. The van der Waals surface area contributed by atoms with Gasteiger partial charge in [-0.1, -0.05) is 30.9 Å². The summed E-state index contributed by atoms with van der Waals surface area (Å²) in [6.45, 7) is 6.27. The van der Waals surface area contributed by atoms with Gasteiger partial charge in [-0.15, -0.1) is 0 Å². The van der Waals surface area contributed by atoms with Crippen molar-refractivity contribution in [1.82, 2.24) is 29.7 Å². The predicted molar refractivity (Wildman–Crippen MR) is 176 cm³/mol. The van der Waals surface area contributed by atoms with E-state index in [-0.39, 0.29) is 23.4 Å². The first-order valence-corrected chi connectivity index (χ1v) is 15.3. The number of carbonyl (C=O) groups is 1. The number of nitrogens with zero attached hydrogens (tertiary/aromatic N) is 5. The van der Waals surface area contributed by atoms with E-state index in [9.17, 15) is 18.0 Å². The second kappa shape index (κ2) is 13.6. The molecule has 0 spiro atoms. The van der Waals surface area contributed by atoms with Gasteiger partial charge in [-0.05, 0) is 54.6 Å². The fourth-order valence-corrected chi connectivity index (χ4v) is 5.54. The molecule has 4 heterocycles. The predicted octanol–water partition coefficient (Wildman–Crippen LogP) is 5.87. The van der Waals surface area contributed by atoms with Crippen LogP contribution in [0.15, 0.2) is 73.2 Å². The molecule has 1 fully saturated rings. The maximum absolute atomic E-state index is 14.1. The summed E-state index contributed by atoms with van der Waals surface area (Å²) in [5.41, 5.74) is 3.10. The van der Waals surface area contributed by atoms with Gasteiger partial charge < -0.3 is 20.5 Å². The van der Waals surface area contributed by atoms with Gasteiger partial charge >= 0.3 is 6.18 Å². The number of likely N-dealkylation sites (N-methyl/N-ethyl adjacent to an activating group) is 1. The van der Waals surface area contributed by atoms with E-state index in [0.717, 1.165) is 42.3 Å². The number of nitrogens with one attached hydrogen (secondary N) is 3. The fraction of sp³-hybridized carbons (Fsp3) is 0.257. The number of piperazine rings is 1. The number of amides is 1. The molecule has 2 aromatic carbocycles. The summed E-state index contributed by atoms with van der Waals surface area (Å²) in [5, 5.41) is 6.49. The molecule has 0 bridgehead atoms. The molecule has 0 radical (unpaired) electrons.